The molecule has 0 aliphatic carbocycles. The molecule has 0 spiro atoms. The predicted molar refractivity (Wildman–Crippen MR) is 99.0 cm³/mol. The summed E-state index contributed by atoms with van der Waals surface area (Å²) < 4.78 is 14.6. The van der Waals surface area contributed by atoms with Crippen molar-refractivity contribution in [3.8, 4) is 0 Å². The molecule has 3 unspecified atom stereocenters. The second-order valence-corrected chi connectivity index (χ2v) is 7.29. The molecule has 1 heterocycles. The van der Waals surface area contributed by atoms with Crippen molar-refractivity contribution in [3.05, 3.63) is 0 Å². The van der Waals surface area contributed by atoms with Gasteiger partial charge in [-0.1, -0.05) is 0 Å². The first-order valence-electron chi connectivity index (χ1n) is 9.43. The molecule has 0 aromatic rings. The Balaban J connectivity index is 3.65. The summed E-state index contributed by atoms with van der Waals surface area (Å²) >= 11 is 0. The molecule has 0 aromatic carbocycles. The third kappa shape index (κ3) is 6.05. The van der Waals surface area contributed by atoms with Crippen LogP contribution >= 0.6 is 0 Å². The van der Waals surface area contributed by atoms with Crippen LogP contribution in [0, 0.1) is 5.92 Å². The summed E-state index contributed by atoms with van der Waals surface area (Å²) in [6.45, 7) is 2.74. The minimum atomic E-state index is -3.37. The van der Waals surface area contributed by atoms with Gasteiger partial charge >= 0.3 is 17.9 Å². The molecule has 0 saturated carbocycles. The van der Waals surface area contributed by atoms with Crippen LogP contribution in [0.5, 0.6) is 0 Å². The Morgan fingerprint density at radius 3 is 2.06 bits per heavy atom. The van der Waals surface area contributed by atoms with Gasteiger partial charge in [0.1, 0.15) is 42.2 Å². The molecule has 0 bridgehead atoms. The van der Waals surface area contributed by atoms with E-state index in [0.717, 1.165) is 27.7 Å². The zero-order chi connectivity index (χ0) is 25.0. The van der Waals surface area contributed by atoms with Crippen LogP contribution in [0.2, 0.25) is 0 Å². The number of carbonyl (C=O) groups is 5. The number of Topliss-reactive ketones (excluding diaryl/α,β-unsaturated/α-hetero) is 1. The van der Waals surface area contributed by atoms with Crippen LogP contribution in [0.15, 0.2) is 0 Å². The maximum absolute atomic E-state index is 12.6. The lowest BCUT2D eigenvalue weighted by molar-refractivity contribution is -0.315. The molecule has 8 atom stereocenters. The highest BCUT2D eigenvalue weighted by atomic mass is 16.7. The van der Waals surface area contributed by atoms with Gasteiger partial charge in [0.15, 0.2) is 0 Å². The van der Waals surface area contributed by atoms with Crippen LogP contribution < -0.4 is 5.32 Å². The second-order valence-electron chi connectivity index (χ2n) is 7.29. The van der Waals surface area contributed by atoms with E-state index in [1.54, 1.807) is 0 Å². The Labute approximate surface area is 182 Å². The number of nitrogens with one attached hydrogen (secondary N) is 1. The average molecular weight is 465 g/mol. The molecule has 1 aliphatic heterocycles. The Kier molecular flexibility index (Phi) is 9.37. The first-order valence-corrected chi connectivity index (χ1v) is 9.43. The number of ketones is 1. The van der Waals surface area contributed by atoms with Gasteiger partial charge in [0, 0.05) is 13.8 Å². The number of rotatable bonds is 8. The normalized spacial score (nSPS) is 30.4. The first kappa shape index (κ1) is 27.5. The van der Waals surface area contributed by atoms with E-state index in [9.17, 15) is 44.4 Å². The fraction of sp³-hybridized carbons (Fsp3) is 0.722. The van der Waals surface area contributed by atoms with E-state index < -0.39 is 84.5 Å². The summed E-state index contributed by atoms with van der Waals surface area (Å²) in [5.74, 6) is -11.7. The topological polar surface area (TPSA) is 226 Å². The van der Waals surface area contributed by atoms with E-state index in [1.165, 1.54) is 0 Å². The van der Waals surface area contributed by atoms with Gasteiger partial charge in [-0.2, -0.15) is 0 Å². The van der Waals surface area contributed by atoms with Crippen LogP contribution in [0.1, 0.15) is 27.7 Å². The smallest absolute Gasteiger partial charge is 0.375 e. The summed E-state index contributed by atoms with van der Waals surface area (Å²) in [6.07, 6.45) is -9.65. The van der Waals surface area contributed by atoms with Crippen molar-refractivity contribution in [2.45, 2.75) is 70.0 Å². The minimum Gasteiger partial charge on any atom is -0.459 e. The highest BCUT2D eigenvalue weighted by Gasteiger charge is 2.64. The van der Waals surface area contributed by atoms with Crippen LogP contribution in [0.3, 0.4) is 0 Å². The van der Waals surface area contributed by atoms with E-state index in [0.29, 0.717) is 0 Å². The SMILES string of the molecule is CC(=O)N[C@H]1[C@H]([C@H](O)[C@H](O)CO)OC(O)(C(=O)OC(=O)C(C)O)C(C(C)=O)[C@@H]1OC(C)=O. The van der Waals surface area contributed by atoms with Crippen LogP contribution in [-0.4, -0.2) is 104 Å². The van der Waals surface area contributed by atoms with Crippen LogP contribution in [0.4, 0.5) is 0 Å². The number of esters is 3. The summed E-state index contributed by atoms with van der Waals surface area (Å²) in [6, 6.07) is -1.61. The monoisotopic (exact) mass is 465 g/mol. The van der Waals surface area contributed by atoms with Gasteiger partial charge in [0.05, 0.1) is 12.6 Å². The van der Waals surface area contributed by atoms with Crippen molar-refractivity contribution in [2.75, 3.05) is 6.61 Å². The lowest BCUT2D eigenvalue weighted by Gasteiger charge is -2.49. The number of carbonyl (C=O) groups excluding carboxylic acids is 5. The number of hydrogen-bond donors (Lipinski definition) is 6. The lowest BCUT2D eigenvalue weighted by atomic mass is 9.78. The van der Waals surface area contributed by atoms with E-state index in [4.69, 9.17) is 14.6 Å². The van der Waals surface area contributed by atoms with Gasteiger partial charge in [-0.15, -0.1) is 0 Å². The largest absolute Gasteiger partial charge is 0.459 e. The first-order chi connectivity index (χ1) is 14.7. The molecule has 32 heavy (non-hydrogen) atoms. The number of amides is 1. The van der Waals surface area contributed by atoms with Gasteiger partial charge < -0.3 is 45.1 Å². The third-order valence-corrected chi connectivity index (χ3v) is 4.63. The zero-order valence-electron chi connectivity index (χ0n) is 17.8. The fourth-order valence-corrected chi connectivity index (χ4v) is 3.24. The summed E-state index contributed by atoms with van der Waals surface area (Å²) in [7, 11) is 0. The zero-order valence-corrected chi connectivity index (χ0v) is 17.8. The Morgan fingerprint density at radius 2 is 1.66 bits per heavy atom. The second kappa shape index (κ2) is 10.9. The standard InChI is InChI=1S/C18H27NO13/c1-6(21)11-14(30-9(4)24)12(19-8(3)23)15(13(26)10(25)5-20)32-18(11,29)17(28)31-16(27)7(2)22/h7,10-15,20,22,25-26,29H,5H2,1-4H3,(H,19,23)/t7?,10-,11?,12-,13-,14+,15-,18?/m1/s1. The Morgan fingerprint density at radius 1 is 1.09 bits per heavy atom. The molecule has 1 rings (SSSR count). The molecular formula is C18H27NO13. The highest BCUT2D eigenvalue weighted by Crippen LogP contribution is 2.38. The predicted octanol–water partition coefficient (Wildman–Crippen LogP) is -4.12. The van der Waals surface area contributed by atoms with Gasteiger partial charge in [0.25, 0.3) is 5.79 Å². The molecule has 1 amide bonds. The van der Waals surface area contributed by atoms with Crippen molar-refractivity contribution in [1.29, 1.82) is 0 Å². The number of hydrogen-bond acceptors (Lipinski definition) is 13. The molecule has 14 nitrogen and oxygen atoms in total. The Hall–Kier alpha value is -2.49. The lowest BCUT2D eigenvalue weighted by Crippen LogP contribution is -2.73. The van der Waals surface area contributed by atoms with Crippen molar-refractivity contribution >= 4 is 29.6 Å². The summed E-state index contributed by atoms with van der Waals surface area (Å²) in [4.78, 5) is 60.1. The third-order valence-electron chi connectivity index (χ3n) is 4.63. The van der Waals surface area contributed by atoms with Gasteiger partial charge in [0.2, 0.25) is 5.91 Å². The molecule has 6 N–H and O–H groups in total. The van der Waals surface area contributed by atoms with E-state index in [1.807, 2.05) is 0 Å². The van der Waals surface area contributed by atoms with Crippen molar-refractivity contribution in [1.82, 2.24) is 5.32 Å². The van der Waals surface area contributed by atoms with Crippen molar-refractivity contribution in [2.24, 2.45) is 5.92 Å². The van der Waals surface area contributed by atoms with Gasteiger partial charge in [-0.05, 0) is 13.8 Å². The molecule has 0 aromatic heterocycles. The fourth-order valence-electron chi connectivity index (χ4n) is 3.24. The maximum atomic E-state index is 12.6. The van der Waals surface area contributed by atoms with E-state index in [2.05, 4.69) is 10.1 Å². The van der Waals surface area contributed by atoms with Crippen molar-refractivity contribution < 1.29 is 63.7 Å². The maximum Gasteiger partial charge on any atom is 0.375 e. The Bertz CT molecular complexity index is 753. The molecule has 1 fully saturated rings. The number of ether oxygens (including phenoxy) is 3. The molecule has 1 aliphatic rings. The van der Waals surface area contributed by atoms with E-state index >= 15 is 0 Å². The summed E-state index contributed by atoms with van der Waals surface area (Å²) in [5.41, 5.74) is 0. The van der Waals surface area contributed by atoms with Crippen molar-refractivity contribution in [3.63, 3.8) is 0 Å². The van der Waals surface area contributed by atoms with Gasteiger partial charge in [-0.3, -0.25) is 14.4 Å². The molecule has 1 saturated heterocycles. The van der Waals surface area contributed by atoms with E-state index in [-0.39, 0.29) is 0 Å². The molecular weight excluding hydrogens is 438 g/mol. The number of aliphatic hydroxyl groups is 5. The highest BCUT2D eigenvalue weighted by molar-refractivity contribution is 5.95. The molecule has 0 radical (unpaired) electrons. The van der Waals surface area contributed by atoms with Crippen LogP contribution in [0.25, 0.3) is 0 Å². The quantitative estimate of drug-likeness (QED) is 0.148. The summed E-state index contributed by atoms with van der Waals surface area (Å²) in [5, 5.41) is 51.9. The average Bonchev–Trinajstić information content (AvgIpc) is 2.67. The van der Waals surface area contributed by atoms with Gasteiger partial charge in [-0.25, -0.2) is 9.59 Å². The van der Waals surface area contributed by atoms with Crippen LogP contribution in [-0.2, 0) is 38.2 Å². The molecule has 182 valence electrons. The molecule has 14 heteroatoms. The number of aliphatic hydroxyl groups excluding tert-OH is 4. The minimum absolute atomic E-state index is 0.772.